The first kappa shape index (κ1) is 14.6. The van der Waals surface area contributed by atoms with Crippen LogP contribution in [0.3, 0.4) is 0 Å². The topological polar surface area (TPSA) is 62.8 Å². The van der Waals surface area contributed by atoms with Crippen molar-refractivity contribution in [2.75, 3.05) is 18.5 Å². The van der Waals surface area contributed by atoms with Crippen molar-refractivity contribution < 1.29 is 9.13 Å². The summed E-state index contributed by atoms with van der Waals surface area (Å²) in [5.41, 5.74) is 4.31. The van der Waals surface area contributed by atoms with Crippen LogP contribution in [-0.2, 0) is 17.6 Å². The molecule has 0 spiro atoms. The molecule has 5 nitrogen and oxygen atoms in total. The average molecular weight is 316 g/mol. The van der Waals surface area contributed by atoms with Gasteiger partial charge in [-0.2, -0.15) is 9.49 Å². The third-order valence-electron chi connectivity index (χ3n) is 4.72. The molecule has 0 radical (unpaired) electrons. The first-order valence-corrected chi connectivity index (χ1v) is 8.08. The Labute approximate surface area is 134 Å². The monoisotopic (exact) mass is 316 g/mol. The predicted molar refractivity (Wildman–Crippen MR) is 85.8 cm³/mol. The van der Waals surface area contributed by atoms with E-state index in [2.05, 4.69) is 34.3 Å². The number of aromatic nitrogens is 3. The van der Waals surface area contributed by atoms with E-state index in [-0.39, 0.29) is 11.5 Å². The molecule has 2 aromatic rings. The van der Waals surface area contributed by atoms with Gasteiger partial charge in [0.05, 0.1) is 24.9 Å². The molecule has 2 aromatic heterocycles. The van der Waals surface area contributed by atoms with Crippen molar-refractivity contribution in [3.8, 4) is 11.3 Å². The minimum absolute atomic E-state index is 0.214. The van der Waals surface area contributed by atoms with E-state index in [4.69, 9.17) is 4.74 Å². The van der Waals surface area contributed by atoms with E-state index >= 15 is 0 Å². The Morgan fingerprint density at radius 2 is 2.17 bits per heavy atom. The predicted octanol–water partition coefficient (Wildman–Crippen LogP) is 2.94. The molecule has 1 aliphatic carbocycles. The van der Waals surface area contributed by atoms with Crippen molar-refractivity contribution in [2.24, 2.45) is 5.41 Å². The number of ether oxygens (including phenoxy) is 1. The molecule has 0 saturated carbocycles. The molecule has 0 bridgehead atoms. The molecule has 0 amide bonds. The zero-order chi connectivity index (χ0) is 16.0. The first-order valence-electron chi connectivity index (χ1n) is 8.08. The van der Waals surface area contributed by atoms with Crippen molar-refractivity contribution >= 4 is 5.82 Å². The van der Waals surface area contributed by atoms with Crippen LogP contribution >= 0.6 is 0 Å². The summed E-state index contributed by atoms with van der Waals surface area (Å²) >= 11 is 0. The van der Waals surface area contributed by atoms with Crippen LogP contribution in [0.4, 0.5) is 10.2 Å². The van der Waals surface area contributed by atoms with Gasteiger partial charge in [0.1, 0.15) is 5.82 Å². The molecule has 122 valence electrons. The Bertz CT molecular complexity index is 736. The van der Waals surface area contributed by atoms with E-state index in [0.29, 0.717) is 19.0 Å². The number of hydrogen-bond acceptors (Lipinski definition) is 4. The lowest BCUT2D eigenvalue weighted by Crippen LogP contribution is -2.40. The van der Waals surface area contributed by atoms with E-state index in [1.165, 1.54) is 17.3 Å². The van der Waals surface area contributed by atoms with E-state index in [1.807, 2.05) is 6.07 Å². The van der Waals surface area contributed by atoms with Gasteiger partial charge in [0.15, 0.2) is 0 Å². The first-order chi connectivity index (χ1) is 11.0. The van der Waals surface area contributed by atoms with E-state index in [0.717, 1.165) is 30.5 Å². The number of pyridine rings is 1. The highest BCUT2D eigenvalue weighted by molar-refractivity contribution is 5.67. The fraction of sp³-hybridized carbons (Fsp3) is 0.529. The van der Waals surface area contributed by atoms with Gasteiger partial charge in [-0.3, -0.25) is 5.10 Å². The summed E-state index contributed by atoms with van der Waals surface area (Å²) in [6.07, 6.45) is 3.06. The standard InChI is InChI=1S/C17H21FN4O/c1-17(2)4-3-12-13(7-17)21-22-16(12)10-5-14(18)20-15(6-10)19-11-8-23-9-11/h5-6,11H,3-4,7-9H2,1-2H3,(H,19,20)(H,21,22). The molecule has 6 heteroatoms. The zero-order valence-corrected chi connectivity index (χ0v) is 13.4. The Hall–Kier alpha value is -1.95. The third kappa shape index (κ3) is 2.83. The van der Waals surface area contributed by atoms with Crippen LogP contribution in [0.15, 0.2) is 12.1 Å². The van der Waals surface area contributed by atoms with Gasteiger partial charge in [-0.25, -0.2) is 4.98 Å². The Morgan fingerprint density at radius 1 is 1.35 bits per heavy atom. The maximum absolute atomic E-state index is 13.9. The van der Waals surface area contributed by atoms with Crippen LogP contribution in [0.1, 0.15) is 31.5 Å². The molecule has 2 N–H and O–H groups in total. The molecule has 2 aliphatic rings. The van der Waals surface area contributed by atoms with Crippen LogP contribution < -0.4 is 5.32 Å². The second-order valence-corrected chi connectivity index (χ2v) is 7.31. The Balaban J connectivity index is 1.67. The molecule has 0 atom stereocenters. The molecule has 0 unspecified atom stereocenters. The highest BCUT2D eigenvalue weighted by Gasteiger charge is 2.29. The largest absolute Gasteiger partial charge is 0.377 e. The van der Waals surface area contributed by atoms with Gasteiger partial charge in [0, 0.05) is 22.9 Å². The number of aromatic amines is 1. The van der Waals surface area contributed by atoms with Crippen molar-refractivity contribution in [2.45, 2.75) is 39.2 Å². The van der Waals surface area contributed by atoms with Crippen LogP contribution in [0.2, 0.25) is 0 Å². The average Bonchev–Trinajstić information content (AvgIpc) is 2.84. The number of H-pyrrole nitrogens is 1. The van der Waals surface area contributed by atoms with Gasteiger partial charge in [-0.1, -0.05) is 13.8 Å². The van der Waals surface area contributed by atoms with Crippen LogP contribution in [-0.4, -0.2) is 34.4 Å². The van der Waals surface area contributed by atoms with Gasteiger partial charge < -0.3 is 10.1 Å². The minimum atomic E-state index is -0.488. The van der Waals surface area contributed by atoms with Crippen molar-refractivity contribution in [1.29, 1.82) is 0 Å². The summed E-state index contributed by atoms with van der Waals surface area (Å²) in [6, 6.07) is 3.54. The summed E-state index contributed by atoms with van der Waals surface area (Å²) < 4.78 is 19.1. The third-order valence-corrected chi connectivity index (χ3v) is 4.72. The van der Waals surface area contributed by atoms with Gasteiger partial charge in [0.2, 0.25) is 5.95 Å². The summed E-state index contributed by atoms with van der Waals surface area (Å²) in [4.78, 5) is 3.93. The number of fused-ring (bicyclic) bond motifs is 1. The van der Waals surface area contributed by atoms with Gasteiger partial charge >= 0.3 is 0 Å². The smallest absolute Gasteiger partial charge is 0.215 e. The van der Waals surface area contributed by atoms with Crippen LogP contribution in [0, 0.1) is 11.4 Å². The molecule has 1 aliphatic heterocycles. The molecule has 1 saturated heterocycles. The summed E-state index contributed by atoms with van der Waals surface area (Å²) in [6.45, 7) is 5.82. The molecule has 4 rings (SSSR count). The number of hydrogen-bond donors (Lipinski definition) is 2. The number of anilines is 1. The number of halogens is 1. The zero-order valence-electron chi connectivity index (χ0n) is 13.4. The lowest BCUT2D eigenvalue weighted by molar-refractivity contribution is 0.0209. The molecular formula is C17H21FN4O. The lowest BCUT2D eigenvalue weighted by atomic mass is 9.76. The summed E-state index contributed by atoms with van der Waals surface area (Å²) in [5.74, 6) is 0.0549. The fourth-order valence-corrected chi connectivity index (χ4v) is 3.32. The number of rotatable bonds is 3. The molecule has 1 fully saturated rings. The maximum atomic E-state index is 13.9. The van der Waals surface area contributed by atoms with Gasteiger partial charge in [-0.05, 0) is 30.7 Å². The maximum Gasteiger partial charge on any atom is 0.215 e. The van der Waals surface area contributed by atoms with Gasteiger partial charge in [-0.15, -0.1) is 0 Å². The number of nitrogens with zero attached hydrogens (tertiary/aromatic N) is 2. The van der Waals surface area contributed by atoms with Crippen LogP contribution in [0.25, 0.3) is 11.3 Å². The molecule has 3 heterocycles. The lowest BCUT2D eigenvalue weighted by Gasteiger charge is -2.29. The van der Waals surface area contributed by atoms with Crippen molar-refractivity contribution in [3.05, 3.63) is 29.3 Å². The molecule has 23 heavy (non-hydrogen) atoms. The summed E-state index contributed by atoms with van der Waals surface area (Å²) in [5, 5.41) is 10.8. The highest BCUT2D eigenvalue weighted by atomic mass is 19.1. The second-order valence-electron chi connectivity index (χ2n) is 7.31. The van der Waals surface area contributed by atoms with E-state index in [1.54, 1.807) is 0 Å². The van der Waals surface area contributed by atoms with Crippen molar-refractivity contribution in [1.82, 2.24) is 15.2 Å². The van der Waals surface area contributed by atoms with E-state index in [9.17, 15) is 4.39 Å². The second kappa shape index (κ2) is 5.30. The van der Waals surface area contributed by atoms with E-state index < -0.39 is 5.95 Å². The van der Waals surface area contributed by atoms with Crippen molar-refractivity contribution in [3.63, 3.8) is 0 Å². The molecule has 0 aromatic carbocycles. The van der Waals surface area contributed by atoms with Gasteiger partial charge in [0.25, 0.3) is 0 Å². The Morgan fingerprint density at radius 3 is 2.91 bits per heavy atom. The minimum Gasteiger partial charge on any atom is -0.377 e. The fourth-order valence-electron chi connectivity index (χ4n) is 3.32. The quantitative estimate of drug-likeness (QED) is 0.855. The highest BCUT2D eigenvalue weighted by Crippen LogP contribution is 2.38. The summed E-state index contributed by atoms with van der Waals surface area (Å²) in [7, 11) is 0. The molecular weight excluding hydrogens is 295 g/mol. The normalized spacial score (nSPS) is 20.0. The Kier molecular flexibility index (Phi) is 3.37. The SMILES string of the molecule is CC1(C)CCc2c(-c3cc(F)nc(NC4COC4)c3)n[nH]c2C1. The van der Waals surface area contributed by atoms with Crippen LogP contribution in [0.5, 0.6) is 0 Å². The number of nitrogens with one attached hydrogen (secondary N) is 2.